The lowest BCUT2D eigenvalue weighted by atomic mass is 9.95. The second-order valence-corrected chi connectivity index (χ2v) is 5.64. The minimum Gasteiger partial charge on any atom is -0.289 e. The van der Waals surface area contributed by atoms with Crippen molar-refractivity contribution in [3.63, 3.8) is 0 Å². The summed E-state index contributed by atoms with van der Waals surface area (Å²) in [6.07, 6.45) is 0. The first-order valence-corrected chi connectivity index (χ1v) is 7.25. The molecule has 0 N–H and O–H groups in total. The van der Waals surface area contributed by atoms with Crippen LogP contribution in [-0.2, 0) is 0 Å². The van der Waals surface area contributed by atoms with Gasteiger partial charge in [0.2, 0.25) is 0 Å². The minimum absolute atomic E-state index is 0.0497. The maximum atomic E-state index is 12.8. The van der Waals surface area contributed by atoms with Crippen LogP contribution < -0.4 is 0 Å². The van der Waals surface area contributed by atoms with Crippen LogP contribution in [0, 0.1) is 6.92 Å². The molecule has 0 bridgehead atoms. The Morgan fingerprint density at radius 1 is 0.800 bits per heavy atom. The van der Waals surface area contributed by atoms with Gasteiger partial charge >= 0.3 is 0 Å². The summed E-state index contributed by atoms with van der Waals surface area (Å²) in [6.45, 7) is 2.06. The number of carbonyl (C=O) groups excluding carboxylic acids is 1. The molecule has 0 atom stereocenters. The van der Waals surface area contributed by atoms with Crippen LogP contribution in [0.5, 0.6) is 0 Å². The zero-order valence-corrected chi connectivity index (χ0v) is 12.6. The van der Waals surface area contributed by atoms with Crippen molar-refractivity contribution in [2.75, 3.05) is 0 Å². The molecule has 0 saturated heterocycles. The molecule has 3 aromatic carbocycles. The molecule has 2 heteroatoms. The van der Waals surface area contributed by atoms with Crippen LogP contribution in [0.4, 0.5) is 0 Å². The molecule has 0 aliphatic rings. The number of aryl methyl sites for hydroxylation is 1. The van der Waals surface area contributed by atoms with Gasteiger partial charge in [-0.3, -0.25) is 4.79 Å². The topological polar surface area (TPSA) is 17.1 Å². The van der Waals surface area contributed by atoms with E-state index < -0.39 is 0 Å². The van der Waals surface area contributed by atoms with Crippen molar-refractivity contribution in [2.45, 2.75) is 6.92 Å². The Hall–Kier alpha value is -1.93. The molecule has 20 heavy (non-hydrogen) atoms. The van der Waals surface area contributed by atoms with Crippen molar-refractivity contribution >= 4 is 32.5 Å². The molecule has 3 rings (SSSR count). The van der Waals surface area contributed by atoms with Gasteiger partial charge in [-0.05, 0) is 35.4 Å². The predicted molar refractivity (Wildman–Crippen MR) is 86.3 cm³/mol. The summed E-state index contributed by atoms with van der Waals surface area (Å²) < 4.78 is 0.828. The van der Waals surface area contributed by atoms with Crippen LogP contribution in [0.1, 0.15) is 21.5 Å². The number of benzene rings is 3. The Kier molecular flexibility index (Phi) is 3.41. The van der Waals surface area contributed by atoms with Gasteiger partial charge < -0.3 is 0 Å². The molecule has 0 aromatic heterocycles. The summed E-state index contributed by atoms with van der Waals surface area (Å²) >= 11 is 3.45. The highest BCUT2D eigenvalue weighted by Gasteiger charge is 2.15. The number of hydrogen-bond acceptors (Lipinski definition) is 1. The normalized spacial score (nSPS) is 10.7. The summed E-state index contributed by atoms with van der Waals surface area (Å²) in [5, 5.41) is 2.14. The standard InChI is InChI=1S/C18H13BrO/c1-12-10-11-15(14-7-3-2-6-13(12)14)18(20)16-8-4-5-9-17(16)19/h2-11H,1H3. The Bertz CT molecular complexity index is 805. The maximum absolute atomic E-state index is 12.8. The van der Waals surface area contributed by atoms with Crippen molar-refractivity contribution in [1.29, 1.82) is 0 Å². The first-order chi connectivity index (χ1) is 9.68. The summed E-state index contributed by atoms with van der Waals surface area (Å²) in [5.41, 5.74) is 2.63. The van der Waals surface area contributed by atoms with E-state index in [9.17, 15) is 4.79 Å². The van der Waals surface area contributed by atoms with Gasteiger partial charge in [-0.2, -0.15) is 0 Å². The fourth-order valence-electron chi connectivity index (χ4n) is 2.44. The van der Waals surface area contributed by atoms with Crippen molar-refractivity contribution < 1.29 is 4.79 Å². The highest BCUT2D eigenvalue weighted by atomic mass is 79.9. The third kappa shape index (κ3) is 2.16. The number of carbonyl (C=O) groups is 1. The lowest BCUT2D eigenvalue weighted by Gasteiger charge is -2.09. The SMILES string of the molecule is Cc1ccc(C(=O)c2ccccc2Br)c2ccccc12. The average Bonchev–Trinajstić information content (AvgIpc) is 2.48. The molecule has 0 fully saturated rings. The van der Waals surface area contributed by atoms with Gasteiger partial charge in [0.25, 0.3) is 0 Å². The van der Waals surface area contributed by atoms with Gasteiger partial charge in [0.05, 0.1) is 0 Å². The zero-order chi connectivity index (χ0) is 14.1. The highest BCUT2D eigenvalue weighted by molar-refractivity contribution is 9.10. The highest BCUT2D eigenvalue weighted by Crippen LogP contribution is 2.26. The second-order valence-electron chi connectivity index (χ2n) is 4.78. The maximum Gasteiger partial charge on any atom is 0.194 e. The molecule has 1 nitrogen and oxygen atoms in total. The van der Waals surface area contributed by atoms with E-state index in [0.717, 1.165) is 20.8 Å². The van der Waals surface area contributed by atoms with Crippen LogP contribution in [0.3, 0.4) is 0 Å². The van der Waals surface area contributed by atoms with Gasteiger partial charge in [-0.25, -0.2) is 0 Å². The van der Waals surface area contributed by atoms with Gasteiger partial charge in [0.1, 0.15) is 0 Å². The minimum atomic E-state index is 0.0497. The summed E-state index contributed by atoms with van der Waals surface area (Å²) in [4.78, 5) is 12.8. The molecular formula is C18H13BrO. The molecule has 0 amide bonds. The smallest absolute Gasteiger partial charge is 0.194 e. The number of fused-ring (bicyclic) bond motifs is 1. The van der Waals surface area contributed by atoms with Gasteiger partial charge in [0, 0.05) is 15.6 Å². The summed E-state index contributed by atoms with van der Waals surface area (Å²) in [7, 11) is 0. The number of rotatable bonds is 2. The lowest BCUT2D eigenvalue weighted by Crippen LogP contribution is -2.03. The third-order valence-corrected chi connectivity index (χ3v) is 4.20. The number of halogens is 1. The van der Waals surface area contributed by atoms with Crippen molar-refractivity contribution in [3.8, 4) is 0 Å². The Morgan fingerprint density at radius 3 is 2.20 bits per heavy atom. The van der Waals surface area contributed by atoms with E-state index in [1.807, 2.05) is 54.6 Å². The first-order valence-electron chi connectivity index (χ1n) is 6.46. The Labute approximate surface area is 126 Å². The van der Waals surface area contributed by atoms with E-state index in [4.69, 9.17) is 0 Å². The van der Waals surface area contributed by atoms with E-state index in [2.05, 4.69) is 28.9 Å². The Morgan fingerprint density at radius 2 is 1.45 bits per heavy atom. The van der Waals surface area contributed by atoms with Crippen LogP contribution in [0.2, 0.25) is 0 Å². The first kappa shape index (κ1) is 13.1. The fourth-order valence-corrected chi connectivity index (χ4v) is 2.90. The van der Waals surface area contributed by atoms with Crippen LogP contribution in [-0.4, -0.2) is 5.78 Å². The molecule has 0 heterocycles. The van der Waals surface area contributed by atoms with Crippen molar-refractivity contribution in [1.82, 2.24) is 0 Å². The van der Waals surface area contributed by atoms with Crippen LogP contribution >= 0.6 is 15.9 Å². The summed E-state index contributed by atoms with van der Waals surface area (Å²) in [5.74, 6) is 0.0497. The average molecular weight is 325 g/mol. The molecule has 0 unspecified atom stereocenters. The quantitative estimate of drug-likeness (QED) is 0.596. The van der Waals surface area contributed by atoms with E-state index in [1.54, 1.807) is 0 Å². The molecule has 0 aliphatic carbocycles. The monoisotopic (exact) mass is 324 g/mol. The Balaban J connectivity index is 2.23. The van der Waals surface area contributed by atoms with Crippen molar-refractivity contribution in [2.24, 2.45) is 0 Å². The van der Waals surface area contributed by atoms with Crippen LogP contribution in [0.15, 0.2) is 65.1 Å². The fraction of sp³-hybridized carbons (Fsp3) is 0.0556. The predicted octanol–water partition coefficient (Wildman–Crippen LogP) is 5.14. The second kappa shape index (κ2) is 5.22. The summed E-state index contributed by atoms with van der Waals surface area (Å²) in [6, 6.07) is 19.5. The van der Waals surface area contributed by atoms with Crippen LogP contribution in [0.25, 0.3) is 10.8 Å². The molecule has 0 radical (unpaired) electrons. The van der Waals surface area contributed by atoms with Crippen molar-refractivity contribution in [3.05, 3.63) is 81.8 Å². The molecular weight excluding hydrogens is 312 g/mol. The third-order valence-electron chi connectivity index (χ3n) is 3.51. The van der Waals surface area contributed by atoms with Gasteiger partial charge in [-0.15, -0.1) is 0 Å². The number of hydrogen-bond donors (Lipinski definition) is 0. The van der Waals surface area contributed by atoms with E-state index in [-0.39, 0.29) is 5.78 Å². The van der Waals surface area contributed by atoms with Gasteiger partial charge in [-0.1, -0.05) is 64.5 Å². The van der Waals surface area contributed by atoms with E-state index >= 15 is 0 Å². The van der Waals surface area contributed by atoms with Gasteiger partial charge in [0.15, 0.2) is 5.78 Å². The molecule has 3 aromatic rings. The molecule has 0 spiro atoms. The molecule has 0 aliphatic heterocycles. The molecule has 98 valence electrons. The van der Waals surface area contributed by atoms with E-state index in [0.29, 0.717) is 5.56 Å². The number of ketones is 1. The molecule has 0 saturated carbocycles. The largest absolute Gasteiger partial charge is 0.289 e. The lowest BCUT2D eigenvalue weighted by molar-refractivity contribution is 0.103. The zero-order valence-electron chi connectivity index (χ0n) is 11.1. The van der Waals surface area contributed by atoms with E-state index in [1.165, 1.54) is 5.56 Å².